The van der Waals surface area contributed by atoms with Crippen LogP contribution in [0.15, 0.2) is 0 Å². The van der Waals surface area contributed by atoms with Crippen LogP contribution >= 0.6 is 11.8 Å². The summed E-state index contributed by atoms with van der Waals surface area (Å²) in [6.45, 7) is 25.0. The van der Waals surface area contributed by atoms with Gasteiger partial charge in [0.05, 0.1) is 0 Å². The van der Waals surface area contributed by atoms with Crippen LogP contribution in [0.3, 0.4) is 0 Å². The zero-order valence-corrected chi connectivity index (χ0v) is 16.5. The van der Waals surface area contributed by atoms with E-state index in [-0.39, 0.29) is 0 Å². The molecule has 0 aromatic heterocycles. The molecule has 2 nitrogen and oxygen atoms in total. The highest BCUT2D eigenvalue weighted by Gasteiger charge is 2.26. The fraction of sp³-hybridized carbons (Fsp3) is 1.00. The molecule has 1 heterocycles. The van der Waals surface area contributed by atoms with Crippen molar-refractivity contribution in [1.29, 1.82) is 0 Å². The van der Waals surface area contributed by atoms with E-state index in [1.54, 1.807) is 0 Å². The third kappa shape index (κ3) is 7.90. The number of piperazine rings is 1. The summed E-state index contributed by atoms with van der Waals surface area (Å²) in [6.07, 6.45) is 1.33. The minimum atomic E-state index is 0.329. The van der Waals surface area contributed by atoms with Gasteiger partial charge in [-0.1, -0.05) is 34.6 Å². The topological polar surface area (TPSA) is 6.48 Å². The van der Waals surface area contributed by atoms with Gasteiger partial charge in [0.15, 0.2) is 0 Å². The average molecular weight is 315 g/mol. The Hall–Kier alpha value is 0.270. The Morgan fingerprint density at radius 2 is 1.43 bits per heavy atom. The van der Waals surface area contributed by atoms with Gasteiger partial charge in [0.2, 0.25) is 0 Å². The van der Waals surface area contributed by atoms with E-state index in [1.807, 2.05) is 0 Å². The van der Waals surface area contributed by atoms with Gasteiger partial charge >= 0.3 is 0 Å². The molecular weight excluding hydrogens is 276 g/mol. The molecule has 1 fully saturated rings. The molecule has 0 spiro atoms. The van der Waals surface area contributed by atoms with Crippen molar-refractivity contribution in [2.24, 2.45) is 5.92 Å². The molecule has 0 bridgehead atoms. The third-order valence-corrected chi connectivity index (χ3v) is 5.48. The first-order chi connectivity index (χ1) is 9.47. The molecule has 3 heteroatoms. The van der Waals surface area contributed by atoms with Crippen LogP contribution in [-0.4, -0.2) is 58.1 Å². The zero-order chi connectivity index (χ0) is 16.3. The number of hydrogen-bond donors (Lipinski definition) is 0. The molecule has 1 aliphatic heterocycles. The van der Waals surface area contributed by atoms with E-state index in [1.165, 1.54) is 39.1 Å². The maximum atomic E-state index is 2.67. The number of thioether (sulfide) groups is 1. The summed E-state index contributed by atoms with van der Waals surface area (Å²) < 4.78 is 0.386. The monoisotopic (exact) mass is 314 g/mol. The number of hydrogen-bond acceptors (Lipinski definition) is 3. The van der Waals surface area contributed by atoms with E-state index in [0.29, 0.717) is 10.3 Å². The zero-order valence-electron chi connectivity index (χ0n) is 15.7. The van der Waals surface area contributed by atoms with Crippen LogP contribution in [0.4, 0.5) is 0 Å². The first kappa shape index (κ1) is 19.3. The van der Waals surface area contributed by atoms with E-state index >= 15 is 0 Å². The highest BCUT2D eigenvalue weighted by Crippen LogP contribution is 2.31. The van der Waals surface area contributed by atoms with Crippen molar-refractivity contribution >= 4 is 11.8 Å². The minimum Gasteiger partial charge on any atom is -0.301 e. The lowest BCUT2D eigenvalue weighted by Crippen LogP contribution is -2.54. The van der Waals surface area contributed by atoms with Crippen LogP contribution in [0.1, 0.15) is 61.8 Å². The Morgan fingerprint density at radius 3 is 1.86 bits per heavy atom. The summed E-state index contributed by atoms with van der Waals surface area (Å²) in [7, 11) is 0. The van der Waals surface area contributed by atoms with Gasteiger partial charge in [-0.25, -0.2) is 0 Å². The smallest absolute Gasteiger partial charge is 0.0126 e. The van der Waals surface area contributed by atoms with Gasteiger partial charge in [-0.15, -0.1) is 0 Å². The van der Waals surface area contributed by atoms with Crippen LogP contribution in [-0.2, 0) is 0 Å². The molecule has 21 heavy (non-hydrogen) atoms. The predicted octanol–water partition coefficient (Wildman–Crippen LogP) is 4.35. The summed E-state index contributed by atoms with van der Waals surface area (Å²) in [5.74, 6) is 0.802. The van der Waals surface area contributed by atoms with Gasteiger partial charge in [0.25, 0.3) is 0 Å². The van der Waals surface area contributed by atoms with E-state index in [0.717, 1.165) is 11.2 Å². The molecule has 2 atom stereocenters. The maximum absolute atomic E-state index is 2.67. The van der Waals surface area contributed by atoms with Gasteiger partial charge in [0.1, 0.15) is 0 Å². The van der Waals surface area contributed by atoms with Gasteiger partial charge in [-0.3, -0.25) is 4.90 Å². The van der Waals surface area contributed by atoms with Crippen molar-refractivity contribution in [2.75, 3.05) is 32.7 Å². The van der Waals surface area contributed by atoms with Crippen LogP contribution in [0, 0.1) is 5.92 Å². The first-order valence-corrected chi connectivity index (χ1v) is 9.50. The van der Waals surface area contributed by atoms with Crippen molar-refractivity contribution in [2.45, 2.75) is 77.3 Å². The lowest BCUT2D eigenvalue weighted by atomic mass is 10.0. The third-order valence-electron chi connectivity index (χ3n) is 4.18. The predicted molar refractivity (Wildman–Crippen MR) is 98.4 cm³/mol. The van der Waals surface area contributed by atoms with E-state index < -0.39 is 0 Å². The Kier molecular flexibility index (Phi) is 7.08. The number of rotatable bonds is 5. The van der Waals surface area contributed by atoms with Crippen molar-refractivity contribution < 1.29 is 0 Å². The van der Waals surface area contributed by atoms with Gasteiger partial charge in [-0.2, -0.15) is 11.8 Å². The summed E-state index contributed by atoms with van der Waals surface area (Å²) in [5.41, 5.74) is 0.329. The summed E-state index contributed by atoms with van der Waals surface area (Å²) in [6, 6.07) is 0. The first-order valence-electron chi connectivity index (χ1n) is 8.62. The quantitative estimate of drug-likeness (QED) is 0.745. The highest BCUT2D eigenvalue weighted by atomic mass is 32.2. The molecule has 0 aliphatic carbocycles. The molecular formula is C18H38N2S. The average Bonchev–Trinajstić information content (AvgIpc) is 2.25. The van der Waals surface area contributed by atoms with E-state index in [4.69, 9.17) is 0 Å². The molecule has 0 aromatic carbocycles. The van der Waals surface area contributed by atoms with Crippen LogP contribution in [0.25, 0.3) is 0 Å². The Labute approximate surface area is 138 Å². The molecule has 0 amide bonds. The molecule has 1 aliphatic rings. The summed E-state index contributed by atoms with van der Waals surface area (Å²) >= 11 is 2.12. The second-order valence-electron chi connectivity index (χ2n) is 8.84. The SMILES string of the molecule is CC(CC(C)SC(C)(C)C)CN1CCN(C(C)(C)C)CC1. The second kappa shape index (κ2) is 7.70. The molecule has 1 rings (SSSR count). The molecule has 1 saturated heterocycles. The molecule has 0 N–H and O–H groups in total. The van der Waals surface area contributed by atoms with E-state index in [9.17, 15) is 0 Å². The maximum Gasteiger partial charge on any atom is 0.0126 e. The Balaban J connectivity index is 2.29. The van der Waals surface area contributed by atoms with Crippen LogP contribution < -0.4 is 0 Å². The molecule has 2 unspecified atom stereocenters. The summed E-state index contributed by atoms with van der Waals surface area (Å²) in [4.78, 5) is 5.29. The van der Waals surface area contributed by atoms with Crippen molar-refractivity contribution in [1.82, 2.24) is 9.80 Å². The van der Waals surface area contributed by atoms with Gasteiger partial charge < -0.3 is 4.90 Å². The van der Waals surface area contributed by atoms with Crippen molar-refractivity contribution in [3.8, 4) is 0 Å². The highest BCUT2D eigenvalue weighted by molar-refractivity contribution is 8.01. The number of nitrogens with zero attached hydrogens (tertiary/aromatic N) is 2. The minimum absolute atomic E-state index is 0.329. The van der Waals surface area contributed by atoms with Gasteiger partial charge in [0, 0.05) is 48.3 Å². The molecule has 126 valence electrons. The van der Waals surface area contributed by atoms with E-state index in [2.05, 4.69) is 77.0 Å². The lowest BCUT2D eigenvalue weighted by Gasteiger charge is -2.43. The standard InChI is InChI=1S/C18H38N2S/c1-15(13-16(2)21-18(6,7)8)14-19-9-11-20(12-10-19)17(3,4)5/h15-16H,9-14H2,1-8H3. The Morgan fingerprint density at radius 1 is 0.905 bits per heavy atom. The molecule has 0 radical (unpaired) electrons. The summed E-state index contributed by atoms with van der Waals surface area (Å²) in [5, 5.41) is 0.760. The fourth-order valence-corrected chi connectivity index (χ4v) is 4.97. The molecule has 0 saturated carbocycles. The van der Waals surface area contributed by atoms with Crippen molar-refractivity contribution in [3.63, 3.8) is 0 Å². The largest absolute Gasteiger partial charge is 0.301 e. The van der Waals surface area contributed by atoms with Crippen molar-refractivity contribution in [3.05, 3.63) is 0 Å². The Bertz CT molecular complexity index is 295. The van der Waals surface area contributed by atoms with Crippen LogP contribution in [0.5, 0.6) is 0 Å². The van der Waals surface area contributed by atoms with Crippen LogP contribution in [0.2, 0.25) is 0 Å². The fourth-order valence-electron chi connectivity index (χ4n) is 3.33. The van der Waals surface area contributed by atoms with Gasteiger partial charge in [-0.05, 0) is 33.1 Å². The molecule has 0 aromatic rings. The second-order valence-corrected chi connectivity index (χ2v) is 11.1. The lowest BCUT2D eigenvalue weighted by molar-refractivity contribution is 0.0559. The normalized spacial score (nSPS) is 22.3.